The standard InChI is InChI=1S/C19H27NO3/c1-13(2)9-14-3-5-16(6-4-14)19(22)20-7-8-23-18-11-15(12-21)10-17(18)20/h3-6,13,15,17-18,21H,7-12H2,1-2H3/t15-,17+,18?/m1/s1. The summed E-state index contributed by atoms with van der Waals surface area (Å²) in [6.45, 7) is 5.82. The van der Waals surface area contributed by atoms with Crippen molar-refractivity contribution in [3.8, 4) is 0 Å². The first kappa shape index (κ1) is 16.5. The second kappa shape index (κ2) is 7.02. The molecule has 126 valence electrons. The predicted molar refractivity (Wildman–Crippen MR) is 89.4 cm³/mol. The maximum Gasteiger partial charge on any atom is 0.254 e. The van der Waals surface area contributed by atoms with Crippen LogP contribution in [0.25, 0.3) is 0 Å². The molecular weight excluding hydrogens is 290 g/mol. The number of aliphatic hydroxyl groups excluding tert-OH is 1. The second-order valence-electron chi connectivity index (χ2n) is 7.29. The summed E-state index contributed by atoms with van der Waals surface area (Å²) in [6.07, 6.45) is 2.83. The van der Waals surface area contributed by atoms with Crippen molar-refractivity contribution in [2.45, 2.75) is 45.3 Å². The van der Waals surface area contributed by atoms with E-state index in [2.05, 4.69) is 26.0 Å². The summed E-state index contributed by atoms with van der Waals surface area (Å²) in [5.74, 6) is 0.968. The van der Waals surface area contributed by atoms with Crippen LogP contribution in [0.15, 0.2) is 24.3 Å². The molecule has 2 fully saturated rings. The molecule has 0 radical (unpaired) electrons. The largest absolute Gasteiger partial charge is 0.396 e. The highest BCUT2D eigenvalue weighted by molar-refractivity contribution is 5.94. The number of carbonyl (C=O) groups excluding carboxylic acids is 1. The zero-order valence-electron chi connectivity index (χ0n) is 14.1. The zero-order chi connectivity index (χ0) is 16.4. The third kappa shape index (κ3) is 3.59. The molecule has 0 spiro atoms. The maximum absolute atomic E-state index is 12.9. The molecule has 4 nitrogen and oxygen atoms in total. The van der Waals surface area contributed by atoms with Gasteiger partial charge in [-0.2, -0.15) is 0 Å². The molecule has 1 unspecified atom stereocenters. The number of fused-ring (bicyclic) bond motifs is 1. The highest BCUT2D eigenvalue weighted by Crippen LogP contribution is 2.34. The Bertz CT molecular complexity index is 540. The van der Waals surface area contributed by atoms with Crippen molar-refractivity contribution in [2.75, 3.05) is 19.8 Å². The van der Waals surface area contributed by atoms with E-state index in [-0.39, 0.29) is 30.6 Å². The van der Waals surface area contributed by atoms with Crippen molar-refractivity contribution in [1.29, 1.82) is 0 Å². The lowest BCUT2D eigenvalue weighted by Gasteiger charge is -2.37. The van der Waals surface area contributed by atoms with Gasteiger partial charge in [0, 0.05) is 18.7 Å². The highest BCUT2D eigenvalue weighted by atomic mass is 16.5. The van der Waals surface area contributed by atoms with Crippen LogP contribution < -0.4 is 0 Å². The van der Waals surface area contributed by atoms with Gasteiger partial charge in [0.05, 0.1) is 18.8 Å². The summed E-state index contributed by atoms with van der Waals surface area (Å²) >= 11 is 0. The van der Waals surface area contributed by atoms with E-state index in [1.54, 1.807) is 0 Å². The van der Waals surface area contributed by atoms with E-state index >= 15 is 0 Å². The topological polar surface area (TPSA) is 49.8 Å². The highest BCUT2D eigenvalue weighted by Gasteiger charge is 2.42. The number of hydrogen-bond acceptors (Lipinski definition) is 3. The number of morpholine rings is 1. The molecule has 2 aliphatic rings. The van der Waals surface area contributed by atoms with Crippen LogP contribution >= 0.6 is 0 Å². The Hall–Kier alpha value is -1.39. The van der Waals surface area contributed by atoms with Gasteiger partial charge in [0.2, 0.25) is 0 Å². The molecule has 1 amide bonds. The molecular formula is C19H27NO3. The molecule has 0 bridgehead atoms. The third-order valence-electron chi connectivity index (χ3n) is 5.00. The molecule has 1 aromatic rings. The zero-order valence-corrected chi connectivity index (χ0v) is 14.1. The molecule has 3 rings (SSSR count). The summed E-state index contributed by atoms with van der Waals surface area (Å²) in [5.41, 5.74) is 2.03. The third-order valence-corrected chi connectivity index (χ3v) is 5.00. The van der Waals surface area contributed by atoms with Crippen molar-refractivity contribution in [2.24, 2.45) is 11.8 Å². The molecule has 0 aromatic heterocycles. The smallest absolute Gasteiger partial charge is 0.254 e. The average Bonchev–Trinajstić information content (AvgIpc) is 2.97. The first-order chi connectivity index (χ1) is 11.1. The normalized spacial score (nSPS) is 27.3. The molecule has 1 aliphatic heterocycles. The van der Waals surface area contributed by atoms with Crippen LogP contribution in [-0.4, -0.2) is 47.8 Å². The summed E-state index contributed by atoms with van der Waals surface area (Å²) < 4.78 is 5.81. The summed E-state index contributed by atoms with van der Waals surface area (Å²) in [6, 6.07) is 8.14. The van der Waals surface area contributed by atoms with Crippen molar-refractivity contribution in [3.63, 3.8) is 0 Å². The summed E-state index contributed by atoms with van der Waals surface area (Å²) in [7, 11) is 0. The Kier molecular flexibility index (Phi) is 5.02. The second-order valence-corrected chi connectivity index (χ2v) is 7.29. The van der Waals surface area contributed by atoms with E-state index in [1.165, 1.54) is 5.56 Å². The first-order valence-corrected chi connectivity index (χ1v) is 8.71. The van der Waals surface area contributed by atoms with Crippen molar-refractivity contribution in [1.82, 2.24) is 4.90 Å². The Morgan fingerprint density at radius 3 is 2.70 bits per heavy atom. The lowest BCUT2D eigenvalue weighted by atomic mass is 10.0. The van der Waals surface area contributed by atoms with Gasteiger partial charge in [0.25, 0.3) is 5.91 Å². The van der Waals surface area contributed by atoms with Gasteiger partial charge in [0.1, 0.15) is 0 Å². The molecule has 1 saturated heterocycles. The van der Waals surface area contributed by atoms with Gasteiger partial charge in [-0.1, -0.05) is 26.0 Å². The van der Waals surface area contributed by atoms with Gasteiger partial charge in [-0.3, -0.25) is 4.79 Å². The van der Waals surface area contributed by atoms with Crippen LogP contribution in [0.3, 0.4) is 0 Å². The number of rotatable bonds is 4. The average molecular weight is 317 g/mol. The minimum atomic E-state index is 0.0880. The Morgan fingerprint density at radius 1 is 1.30 bits per heavy atom. The molecule has 23 heavy (non-hydrogen) atoms. The number of nitrogens with zero attached hydrogens (tertiary/aromatic N) is 1. The van der Waals surface area contributed by atoms with Crippen molar-refractivity contribution < 1.29 is 14.6 Å². The van der Waals surface area contributed by atoms with Crippen LogP contribution in [0.4, 0.5) is 0 Å². The predicted octanol–water partition coefficient (Wildman–Crippen LogP) is 2.50. The van der Waals surface area contributed by atoms with Crippen LogP contribution in [0.1, 0.15) is 42.6 Å². The van der Waals surface area contributed by atoms with Crippen LogP contribution in [0.2, 0.25) is 0 Å². The van der Waals surface area contributed by atoms with Gasteiger partial charge in [0.15, 0.2) is 0 Å². The number of hydrogen-bond donors (Lipinski definition) is 1. The van der Waals surface area contributed by atoms with Gasteiger partial charge in [-0.15, -0.1) is 0 Å². The Balaban J connectivity index is 1.71. The summed E-state index contributed by atoms with van der Waals surface area (Å²) in [5, 5.41) is 9.40. The quantitative estimate of drug-likeness (QED) is 0.928. The first-order valence-electron chi connectivity index (χ1n) is 8.71. The Morgan fingerprint density at radius 2 is 2.04 bits per heavy atom. The van der Waals surface area contributed by atoms with Crippen LogP contribution in [0, 0.1) is 11.8 Å². The number of benzene rings is 1. The molecule has 3 atom stereocenters. The van der Waals surface area contributed by atoms with Crippen LogP contribution in [-0.2, 0) is 11.2 Å². The van der Waals surface area contributed by atoms with E-state index in [9.17, 15) is 9.90 Å². The van der Waals surface area contributed by atoms with E-state index < -0.39 is 0 Å². The molecule has 1 N–H and O–H groups in total. The fourth-order valence-electron chi connectivity index (χ4n) is 3.87. The van der Waals surface area contributed by atoms with Gasteiger partial charge < -0.3 is 14.7 Å². The van der Waals surface area contributed by atoms with Crippen molar-refractivity contribution >= 4 is 5.91 Å². The minimum absolute atomic E-state index is 0.0880. The Labute approximate surface area is 138 Å². The number of amides is 1. The number of aliphatic hydroxyl groups is 1. The molecule has 1 aromatic carbocycles. The maximum atomic E-state index is 12.9. The molecule has 4 heteroatoms. The van der Waals surface area contributed by atoms with E-state index in [0.717, 1.165) is 24.8 Å². The SMILES string of the molecule is CC(C)Cc1ccc(C(=O)N2CCOC3C[C@H](CO)C[C@@H]32)cc1. The van der Waals surface area contributed by atoms with E-state index in [1.807, 2.05) is 17.0 Å². The minimum Gasteiger partial charge on any atom is -0.396 e. The molecule has 1 heterocycles. The number of carbonyl (C=O) groups is 1. The molecule has 1 aliphatic carbocycles. The van der Waals surface area contributed by atoms with Gasteiger partial charge >= 0.3 is 0 Å². The lowest BCUT2D eigenvalue weighted by Crippen LogP contribution is -2.51. The van der Waals surface area contributed by atoms with E-state index in [0.29, 0.717) is 19.1 Å². The fraction of sp³-hybridized carbons (Fsp3) is 0.632. The lowest BCUT2D eigenvalue weighted by molar-refractivity contribution is -0.0448. The van der Waals surface area contributed by atoms with Crippen molar-refractivity contribution in [3.05, 3.63) is 35.4 Å². The van der Waals surface area contributed by atoms with Gasteiger partial charge in [-0.25, -0.2) is 0 Å². The number of ether oxygens (including phenoxy) is 1. The van der Waals surface area contributed by atoms with E-state index in [4.69, 9.17) is 4.74 Å². The molecule has 1 saturated carbocycles. The monoisotopic (exact) mass is 317 g/mol. The van der Waals surface area contributed by atoms with Crippen LogP contribution in [0.5, 0.6) is 0 Å². The summed E-state index contributed by atoms with van der Waals surface area (Å²) in [4.78, 5) is 14.8. The fourth-order valence-corrected chi connectivity index (χ4v) is 3.87. The van der Waals surface area contributed by atoms with Gasteiger partial charge in [-0.05, 0) is 48.8 Å².